The molecule has 0 aromatic rings. The van der Waals surface area contributed by atoms with Crippen LogP contribution >= 0.6 is 0 Å². The van der Waals surface area contributed by atoms with Crippen LogP contribution in [0.1, 0.15) is 13.8 Å². The minimum Gasteiger partial charge on any atom is -0.389 e. The molecule has 56 valence electrons. The van der Waals surface area contributed by atoms with Crippen molar-refractivity contribution in [3.8, 4) is 0 Å². The quantitative estimate of drug-likeness (QED) is 0.351. The molecule has 1 aliphatic heterocycles. The Hall–Kier alpha value is -0.900. The van der Waals surface area contributed by atoms with Gasteiger partial charge in [0.1, 0.15) is 6.61 Å². The van der Waals surface area contributed by atoms with Crippen molar-refractivity contribution in [3.05, 3.63) is 0 Å². The first-order valence-electron chi connectivity index (χ1n) is 2.91. The van der Waals surface area contributed by atoms with Crippen LogP contribution in [0.3, 0.4) is 0 Å². The maximum Gasteiger partial charge on any atom is 0.345 e. The number of rotatable bonds is 0. The van der Waals surface area contributed by atoms with Gasteiger partial charge in [-0.2, -0.15) is 0 Å². The molecule has 1 heterocycles. The largest absolute Gasteiger partial charge is 0.389 e. The van der Waals surface area contributed by atoms with E-state index in [1.54, 1.807) is 13.8 Å². The number of esters is 2. The van der Waals surface area contributed by atoms with Gasteiger partial charge in [0.2, 0.25) is 0 Å². The van der Waals surface area contributed by atoms with Gasteiger partial charge >= 0.3 is 11.9 Å². The van der Waals surface area contributed by atoms with E-state index in [0.29, 0.717) is 0 Å². The molecule has 0 spiro atoms. The lowest BCUT2D eigenvalue weighted by Gasteiger charge is -2.25. The summed E-state index contributed by atoms with van der Waals surface area (Å²) in [5.74, 6) is -1.24. The summed E-state index contributed by atoms with van der Waals surface area (Å²) in [4.78, 5) is 21.2. The molecule has 0 radical (unpaired) electrons. The van der Waals surface area contributed by atoms with E-state index in [9.17, 15) is 9.59 Å². The Morgan fingerprint density at radius 3 is 2.40 bits per heavy atom. The van der Waals surface area contributed by atoms with E-state index in [-0.39, 0.29) is 6.61 Å². The van der Waals surface area contributed by atoms with E-state index in [2.05, 4.69) is 4.74 Å². The number of hydrogen-bond acceptors (Lipinski definition) is 4. The standard InChI is InChI=1S/C6H8O4/c1-6(2)5(8)10-4(7)3-9-6/h3H2,1-2H3. The lowest BCUT2D eigenvalue weighted by Crippen LogP contribution is -2.44. The molecule has 1 rings (SSSR count). The van der Waals surface area contributed by atoms with Crippen LogP contribution in [0.15, 0.2) is 0 Å². The zero-order valence-electron chi connectivity index (χ0n) is 5.84. The van der Waals surface area contributed by atoms with Gasteiger partial charge in [0.15, 0.2) is 5.60 Å². The van der Waals surface area contributed by atoms with Crippen molar-refractivity contribution < 1.29 is 19.1 Å². The van der Waals surface area contributed by atoms with Gasteiger partial charge in [0.25, 0.3) is 0 Å². The van der Waals surface area contributed by atoms with Crippen LogP contribution in [0.25, 0.3) is 0 Å². The fourth-order valence-electron chi connectivity index (χ4n) is 0.554. The summed E-state index contributed by atoms with van der Waals surface area (Å²) in [7, 11) is 0. The number of ether oxygens (including phenoxy) is 2. The second kappa shape index (κ2) is 2.05. The Bertz CT molecular complexity index is 182. The average molecular weight is 144 g/mol. The summed E-state index contributed by atoms with van der Waals surface area (Å²) in [5, 5.41) is 0. The third-order valence-electron chi connectivity index (χ3n) is 1.25. The van der Waals surface area contributed by atoms with Crippen LogP contribution in [-0.2, 0) is 19.1 Å². The Labute approximate surface area is 58.1 Å². The maximum atomic E-state index is 10.8. The van der Waals surface area contributed by atoms with Gasteiger partial charge in [0.05, 0.1) is 0 Å². The third-order valence-corrected chi connectivity index (χ3v) is 1.25. The first kappa shape index (κ1) is 7.21. The lowest BCUT2D eigenvalue weighted by atomic mass is 10.1. The van der Waals surface area contributed by atoms with E-state index < -0.39 is 17.5 Å². The molecule has 0 amide bonds. The molecule has 4 heteroatoms. The van der Waals surface area contributed by atoms with Crippen LogP contribution in [-0.4, -0.2) is 24.1 Å². The zero-order valence-corrected chi connectivity index (χ0v) is 5.84. The van der Waals surface area contributed by atoms with Gasteiger partial charge < -0.3 is 9.47 Å². The summed E-state index contributed by atoms with van der Waals surface area (Å²) >= 11 is 0. The molecule has 1 aliphatic rings. The predicted molar refractivity (Wildman–Crippen MR) is 31.1 cm³/mol. The fraction of sp³-hybridized carbons (Fsp3) is 0.667. The molecule has 0 aliphatic carbocycles. The molecule has 10 heavy (non-hydrogen) atoms. The van der Waals surface area contributed by atoms with Crippen molar-refractivity contribution in [1.29, 1.82) is 0 Å². The zero-order chi connectivity index (χ0) is 7.78. The molecule has 0 aromatic heterocycles. The highest BCUT2D eigenvalue weighted by Gasteiger charge is 2.37. The molecular formula is C6H8O4. The SMILES string of the molecule is CC1(C)OCC(=O)OC1=O. The monoisotopic (exact) mass is 144 g/mol. The second-order valence-corrected chi connectivity index (χ2v) is 2.56. The maximum absolute atomic E-state index is 10.8. The third kappa shape index (κ3) is 1.16. The molecule has 0 aromatic carbocycles. The highest BCUT2D eigenvalue weighted by atomic mass is 16.6. The minimum absolute atomic E-state index is 0.140. The summed E-state index contributed by atoms with van der Waals surface area (Å²) in [6, 6.07) is 0. The minimum atomic E-state index is -0.964. The van der Waals surface area contributed by atoms with Crippen LogP contribution < -0.4 is 0 Å². The number of hydrogen-bond donors (Lipinski definition) is 0. The number of carbonyl (C=O) groups is 2. The van der Waals surface area contributed by atoms with Gasteiger partial charge in [-0.1, -0.05) is 0 Å². The van der Waals surface area contributed by atoms with E-state index in [0.717, 1.165) is 0 Å². The van der Waals surface area contributed by atoms with E-state index in [4.69, 9.17) is 4.74 Å². The molecular weight excluding hydrogens is 136 g/mol. The molecule has 1 saturated heterocycles. The first-order valence-corrected chi connectivity index (χ1v) is 2.91. The molecule has 4 nitrogen and oxygen atoms in total. The Kier molecular flexibility index (Phi) is 1.48. The van der Waals surface area contributed by atoms with E-state index in [1.165, 1.54) is 0 Å². The fourth-order valence-corrected chi connectivity index (χ4v) is 0.554. The van der Waals surface area contributed by atoms with Crippen molar-refractivity contribution in [2.75, 3.05) is 6.61 Å². The van der Waals surface area contributed by atoms with Gasteiger partial charge in [0, 0.05) is 0 Å². The van der Waals surface area contributed by atoms with Gasteiger partial charge in [-0.15, -0.1) is 0 Å². The van der Waals surface area contributed by atoms with Crippen LogP contribution in [0, 0.1) is 0 Å². The predicted octanol–water partition coefficient (Wildman–Crippen LogP) is -0.135. The molecule has 1 fully saturated rings. The van der Waals surface area contributed by atoms with Crippen LogP contribution in [0.4, 0.5) is 0 Å². The van der Waals surface area contributed by atoms with Crippen molar-refractivity contribution in [1.82, 2.24) is 0 Å². The molecule has 0 saturated carbocycles. The average Bonchev–Trinajstić information content (AvgIpc) is 1.81. The second-order valence-electron chi connectivity index (χ2n) is 2.56. The van der Waals surface area contributed by atoms with Crippen molar-refractivity contribution in [3.63, 3.8) is 0 Å². The van der Waals surface area contributed by atoms with Gasteiger partial charge in [-0.3, -0.25) is 0 Å². The smallest absolute Gasteiger partial charge is 0.345 e. The molecule has 0 atom stereocenters. The van der Waals surface area contributed by atoms with Crippen molar-refractivity contribution in [2.45, 2.75) is 19.4 Å². The van der Waals surface area contributed by atoms with Crippen molar-refractivity contribution in [2.24, 2.45) is 0 Å². The van der Waals surface area contributed by atoms with Crippen LogP contribution in [0.2, 0.25) is 0 Å². The Balaban J connectivity index is 2.70. The number of carbonyl (C=O) groups excluding carboxylic acids is 2. The van der Waals surface area contributed by atoms with Crippen molar-refractivity contribution >= 4 is 11.9 Å². The summed E-state index contributed by atoms with van der Waals surface area (Å²) in [6.45, 7) is 2.97. The highest BCUT2D eigenvalue weighted by Crippen LogP contribution is 2.15. The molecule has 0 unspecified atom stereocenters. The van der Waals surface area contributed by atoms with Gasteiger partial charge in [-0.05, 0) is 13.8 Å². The Morgan fingerprint density at radius 2 is 2.00 bits per heavy atom. The summed E-state index contributed by atoms with van der Waals surface area (Å²) in [5.41, 5.74) is -0.964. The van der Waals surface area contributed by atoms with E-state index >= 15 is 0 Å². The topological polar surface area (TPSA) is 52.6 Å². The van der Waals surface area contributed by atoms with E-state index in [1.807, 2.05) is 0 Å². The Morgan fingerprint density at radius 1 is 1.40 bits per heavy atom. The molecule has 0 bridgehead atoms. The lowest BCUT2D eigenvalue weighted by molar-refractivity contribution is -0.193. The van der Waals surface area contributed by atoms with Gasteiger partial charge in [-0.25, -0.2) is 9.59 Å². The summed E-state index contributed by atoms with van der Waals surface area (Å²) < 4.78 is 9.16. The normalized spacial score (nSPS) is 24.2. The number of cyclic esters (lactones) is 2. The van der Waals surface area contributed by atoms with Crippen LogP contribution in [0.5, 0.6) is 0 Å². The summed E-state index contributed by atoms with van der Waals surface area (Å²) in [6.07, 6.45) is 0. The highest BCUT2D eigenvalue weighted by molar-refractivity contribution is 5.92. The molecule has 0 N–H and O–H groups in total. The first-order chi connectivity index (χ1) is 4.52.